The molecule has 12 nitrogen and oxygen atoms in total. The molecule has 6 rings (SSSR count). The Balaban J connectivity index is 1.20. The number of likely N-dealkylation sites (tertiary alicyclic amines) is 1. The lowest BCUT2D eigenvalue weighted by molar-refractivity contribution is 0.0871. The van der Waals surface area contributed by atoms with Crippen LogP contribution in [0, 0.1) is 6.92 Å². The molecule has 12 heteroatoms. The van der Waals surface area contributed by atoms with Gasteiger partial charge < -0.3 is 24.6 Å². The van der Waals surface area contributed by atoms with Crippen LogP contribution in [0.15, 0.2) is 48.9 Å². The molecule has 0 spiro atoms. The van der Waals surface area contributed by atoms with E-state index in [0.29, 0.717) is 37.6 Å². The summed E-state index contributed by atoms with van der Waals surface area (Å²) in [7, 11) is 1.37. The molecule has 0 radical (unpaired) electrons. The molecule has 0 unspecified atom stereocenters. The molecular formula is C26H28N8O4. The van der Waals surface area contributed by atoms with E-state index in [1.54, 1.807) is 21.8 Å². The maximum atomic E-state index is 13.3. The fourth-order valence-electron chi connectivity index (χ4n) is 4.75. The minimum Gasteiger partial charge on any atom is -0.453 e. The number of fused-ring (bicyclic) bond motifs is 1. The van der Waals surface area contributed by atoms with Crippen molar-refractivity contribution in [2.24, 2.45) is 0 Å². The highest BCUT2D eigenvalue weighted by atomic mass is 16.5. The molecular weight excluding hydrogens is 488 g/mol. The number of morpholine rings is 1. The molecule has 2 aliphatic heterocycles. The van der Waals surface area contributed by atoms with Crippen LogP contribution < -0.4 is 10.2 Å². The van der Waals surface area contributed by atoms with E-state index in [2.05, 4.69) is 25.5 Å². The van der Waals surface area contributed by atoms with E-state index >= 15 is 0 Å². The molecule has 0 aliphatic carbocycles. The largest absolute Gasteiger partial charge is 0.453 e. The second-order valence-electron chi connectivity index (χ2n) is 9.46. The fraction of sp³-hybridized carbons (Fsp3) is 0.346. The smallest absolute Gasteiger partial charge is 0.409 e. The van der Waals surface area contributed by atoms with Gasteiger partial charge in [-0.15, -0.1) is 0 Å². The molecule has 4 aromatic rings. The fourth-order valence-corrected chi connectivity index (χ4v) is 4.75. The van der Waals surface area contributed by atoms with E-state index in [-0.39, 0.29) is 17.9 Å². The highest BCUT2D eigenvalue weighted by Gasteiger charge is 2.34. The standard InChI is InChI=1S/C26H28N8O4/c1-17-3-4-20(34-28-14-23(30-34)18-15-32(16-18)26(36)37-2)11-22(17)29-25(35)21-13-27-33-6-5-19(12-24(21)33)31-7-9-38-10-8-31/h3-6,11-14,18H,7-10,15-16H2,1-2H3,(H,29,35). The van der Waals surface area contributed by atoms with Gasteiger partial charge in [0.05, 0.1) is 55.2 Å². The van der Waals surface area contributed by atoms with E-state index < -0.39 is 0 Å². The first-order valence-electron chi connectivity index (χ1n) is 12.5. The lowest BCUT2D eigenvalue weighted by Gasteiger charge is -2.36. The third kappa shape index (κ3) is 4.43. The Bertz CT molecular complexity index is 1500. The first-order valence-corrected chi connectivity index (χ1v) is 12.5. The highest BCUT2D eigenvalue weighted by Crippen LogP contribution is 2.27. The molecule has 1 N–H and O–H groups in total. The van der Waals surface area contributed by atoms with Gasteiger partial charge in [-0.1, -0.05) is 6.07 Å². The second kappa shape index (κ2) is 9.78. The predicted octanol–water partition coefficient (Wildman–Crippen LogP) is 2.48. The molecule has 3 aromatic heterocycles. The molecule has 2 aliphatic rings. The van der Waals surface area contributed by atoms with Crippen molar-refractivity contribution in [3.63, 3.8) is 0 Å². The maximum Gasteiger partial charge on any atom is 0.409 e. The summed E-state index contributed by atoms with van der Waals surface area (Å²) in [5, 5.41) is 16.4. The highest BCUT2D eigenvalue weighted by molar-refractivity contribution is 6.09. The van der Waals surface area contributed by atoms with Gasteiger partial charge in [0.15, 0.2) is 0 Å². The summed E-state index contributed by atoms with van der Waals surface area (Å²) in [6.07, 6.45) is 4.83. The Morgan fingerprint density at radius 2 is 1.87 bits per heavy atom. The quantitative estimate of drug-likeness (QED) is 0.430. The zero-order valence-electron chi connectivity index (χ0n) is 21.2. The summed E-state index contributed by atoms with van der Waals surface area (Å²) in [5.74, 6) is -0.128. The third-order valence-corrected chi connectivity index (χ3v) is 7.07. The van der Waals surface area contributed by atoms with Gasteiger partial charge in [-0.25, -0.2) is 9.31 Å². The topological polar surface area (TPSA) is 119 Å². The number of aryl methyl sites for hydroxylation is 1. The Hall–Kier alpha value is -4.45. The third-order valence-electron chi connectivity index (χ3n) is 7.07. The number of amides is 2. The molecule has 2 fully saturated rings. The van der Waals surface area contributed by atoms with Crippen LogP contribution in [0.5, 0.6) is 0 Å². The number of rotatable bonds is 5. The molecule has 0 bridgehead atoms. The number of carbonyl (C=O) groups excluding carboxylic acids is 2. The number of nitrogens with zero attached hydrogens (tertiary/aromatic N) is 7. The normalized spacial score (nSPS) is 15.9. The molecule has 2 saturated heterocycles. The van der Waals surface area contributed by atoms with E-state index in [1.165, 1.54) is 11.9 Å². The predicted molar refractivity (Wildman–Crippen MR) is 139 cm³/mol. The SMILES string of the molecule is COC(=O)N1CC(c2cnn(-c3ccc(C)c(NC(=O)c4cnn5ccc(N6CCOCC6)cc45)c3)n2)C1. The lowest BCUT2D eigenvalue weighted by atomic mass is 9.98. The van der Waals surface area contributed by atoms with E-state index in [9.17, 15) is 9.59 Å². The summed E-state index contributed by atoms with van der Waals surface area (Å²) in [6, 6.07) is 9.67. The van der Waals surface area contributed by atoms with Crippen molar-refractivity contribution in [3.8, 4) is 5.69 Å². The van der Waals surface area contributed by atoms with Crippen molar-refractivity contribution >= 4 is 28.9 Å². The van der Waals surface area contributed by atoms with Gasteiger partial charge in [0.2, 0.25) is 0 Å². The zero-order chi connectivity index (χ0) is 26.2. The molecule has 0 saturated carbocycles. The average molecular weight is 517 g/mol. The van der Waals surface area contributed by atoms with Gasteiger partial charge in [0, 0.05) is 49.7 Å². The molecule has 1 aromatic carbocycles. The van der Waals surface area contributed by atoms with E-state index in [4.69, 9.17) is 9.47 Å². The minimum absolute atomic E-state index is 0.116. The van der Waals surface area contributed by atoms with Gasteiger partial charge in [0.1, 0.15) is 0 Å². The number of ether oxygens (including phenoxy) is 2. The van der Waals surface area contributed by atoms with Crippen molar-refractivity contribution in [3.05, 3.63) is 65.7 Å². The number of carbonyl (C=O) groups is 2. The number of pyridine rings is 1. The minimum atomic E-state index is -0.337. The number of nitrogens with one attached hydrogen (secondary N) is 1. The molecule has 38 heavy (non-hydrogen) atoms. The van der Waals surface area contributed by atoms with Crippen LogP contribution in [0.4, 0.5) is 16.2 Å². The van der Waals surface area contributed by atoms with Gasteiger partial charge in [-0.05, 0) is 36.8 Å². The first-order chi connectivity index (χ1) is 18.5. The van der Waals surface area contributed by atoms with Gasteiger partial charge >= 0.3 is 6.09 Å². The van der Waals surface area contributed by atoms with Crippen molar-refractivity contribution in [1.29, 1.82) is 0 Å². The monoisotopic (exact) mass is 516 g/mol. The van der Waals surface area contributed by atoms with Crippen molar-refractivity contribution in [2.45, 2.75) is 12.8 Å². The van der Waals surface area contributed by atoms with Crippen LogP contribution in [0.25, 0.3) is 11.2 Å². The molecule has 196 valence electrons. The summed E-state index contributed by atoms with van der Waals surface area (Å²) >= 11 is 0. The molecule has 5 heterocycles. The Morgan fingerprint density at radius 3 is 2.66 bits per heavy atom. The van der Waals surface area contributed by atoms with Crippen LogP contribution >= 0.6 is 0 Å². The number of hydrogen-bond donors (Lipinski definition) is 1. The van der Waals surface area contributed by atoms with Gasteiger partial charge in [0.25, 0.3) is 5.91 Å². The number of hydrogen-bond acceptors (Lipinski definition) is 8. The van der Waals surface area contributed by atoms with Crippen molar-refractivity contribution in [2.75, 3.05) is 56.7 Å². The van der Waals surface area contributed by atoms with Crippen LogP contribution in [0.1, 0.15) is 27.5 Å². The summed E-state index contributed by atoms with van der Waals surface area (Å²) < 4.78 is 11.9. The molecule has 2 amide bonds. The van der Waals surface area contributed by atoms with Gasteiger partial charge in [-0.2, -0.15) is 20.1 Å². The van der Waals surface area contributed by atoms with Crippen molar-refractivity contribution < 1.29 is 19.1 Å². The number of anilines is 2. The maximum absolute atomic E-state index is 13.3. The van der Waals surface area contributed by atoms with Crippen LogP contribution in [0.3, 0.4) is 0 Å². The number of benzene rings is 1. The van der Waals surface area contributed by atoms with E-state index in [1.807, 2.05) is 43.5 Å². The number of aromatic nitrogens is 5. The first kappa shape index (κ1) is 23.9. The number of methoxy groups -OCH3 is 1. The second-order valence-corrected chi connectivity index (χ2v) is 9.46. The average Bonchev–Trinajstić information content (AvgIpc) is 3.57. The molecule has 0 atom stereocenters. The summed E-state index contributed by atoms with van der Waals surface area (Å²) in [5.41, 5.74) is 5.36. The Kier molecular flexibility index (Phi) is 6.16. The Labute approximate surface area is 218 Å². The van der Waals surface area contributed by atoms with Crippen LogP contribution in [-0.2, 0) is 9.47 Å². The Morgan fingerprint density at radius 1 is 1.05 bits per heavy atom. The van der Waals surface area contributed by atoms with Crippen LogP contribution in [-0.4, -0.2) is 88.0 Å². The lowest BCUT2D eigenvalue weighted by Crippen LogP contribution is -2.48. The summed E-state index contributed by atoms with van der Waals surface area (Å²) in [4.78, 5) is 30.4. The zero-order valence-corrected chi connectivity index (χ0v) is 21.2. The van der Waals surface area contributed by atoms with Crippen LogP contribution in [0.2, 0.25) is 0 Å². The summed E-state index contributed by atoms with van der Waals surface area (Å²) in [6.45, 7) is 6.03. The van der Waals surface area contributed by atoms with Crippen molar-refractivity contribution in [1.82, 2.24) is 29.5 Å². The van der Waals surface area contributed by atoms with Gasteiger partial charge in [-0.3, -0.25) is 4.79 Å². The van der Waals surface area contributed by atoms with E-state index in [0.717, 1.165) is 41.2 Å².